The predicted octanol–water partition coefficient (Wildman–Crippen LogP) is 5.98. The van der Waals surface area contributed by atoms with Gasteiger partial charge >= 0.3 is 0 Å². The minimum absolute atomic E-state index is 0.0587. The summed E-state index contributed by atoms with van der Waals surface area (Å²) in [6.45, 7) is 4.10. The second-order valence-electron chi connectivity index (χ2n) is 12.0. The van der Waals surface area contributed by atoms with Gasteiger partial charge in [-0.15, -0.1) is 0 Å². The van der Waals surface area contributed by atoms with E-state index in [9.17, 15) is 9.59 Å². The highest BCUT2D eigenvalue weighted by Gasteiger charge is 2.70. The van der Waals surface area contributed by atoms with Crippen molar-refractivity contribution in [2.24, 2.45) is 5.92 Å². The number of para-hydroxylation sites is 1. The lowest BCUT2D eigenvalue weighted by atomic mass is 9.64. The fraction of sp³-hybridized carbons (Fsp3) is 0.216. The quantitative estimate of drug-likeness (QED) is 0.283. The average Bonchev–Trinajstić information content (AvgIpc) is 3.73. The van der Waals surface area contributed by atoms with Crippen molar-refractivity contribution in [2.75, 3.05) is 24.1 Å². The first-order valence-corrected chi connectivity index (χ1v) is 14.9. The zero-order valence-corrected chi connectivity index (χ0v) is 25.0. The molecule has 224 valence electrons. The van der Waals surface area contributed by atoms with Crippen LogP contribution in [0.5, 0.6) is 17.2 Å². The fourth-order valence-corrected chi connectivity index (χ4v) is 7.72. The van der Waals surface area contributed by atoms with Crippen LogP contribution in [-0.2, 0) is 10.2 Å². The third-order valence-corrected chi connectivity index (χ3v) is 9.69. The van der Waals surface area contributed by atoms with E-state index >= 15 is 4.79 Å². The van der Waals surface area contributed by atoms with E-state index in [0.717, 1.165) is 22.4 Å². The molecule has 4 aromatic rings. The maximum atomic E-state index is 15.1. The number of ether oxygens (including phenoxy) is 3. The number of carbonyl (C=O) groups excluding carboxylic acids is 3. The van der Waals surface area contributed by atoms with Gasteiger partial charge in [0.2, 0.25) is 12.7 Å². The van der Waals surface area contributed by atoms with Gasteiger partial charge in [0.1, 0.15) is 17.2 Å². The Bertz CT molecular complexity index is 1980. The van der Waals surface area contributed by atoms with Crippen LogP contribution in [0.1, 0.15) is 44.3 Å². The number of methoxy groups -OCH3 is 1. The van der Waals surface area contributed by atoms with Crippen molar-refractivity contribution >= 4 is 34.4 Å². The Hall–Kier alpha value is -5.37. The van der Waals surface area contributed by atoms with Crippen molar-refractivity contribution in [2.45, 2.75) is 31.3 Å². The fourth-order valence-electron chi connectivity index (χ4n) is 7.72. The van der Waals surface area contributed by atoms with E-state index in [1.807, 2.05) is 55.1 Å². The van der Waals surface area contributed by atoms with Crippen LogP contribution in [0.3, 0.4) is 0 Å². The Morgan fingerprint density at radius 1 is 0.889 bits per heavy atom. The van der Waals surface area contributed by atoms with Crippen LogP contribution >= 0.6 is 0 Å². The molecule has 0 aliphatic carbocycles. The summed E-state index contributed by atoms with van der Waals surface area (Å²) in [5.41, 5.74) is 4.49. The molecule has 0 saturated carbocycles. The number of fused-ring (bicyclic) bond motifs is 7. The largest absolute Gasteiger partial charge is 0.497 e. The van der Waals surface area contributed by atoms with Crippen LogP contribution in [0.2, 0.25) is 0 Å². The van der Waals surface area contributed by atoms with Gasteiger partial charge in [0.25, 0.3) is 0 Å². The van der Waals surface area contributed by atoms with Crippen molar-refractivity contribution in [3.63, 3.8) is 0 Å². The van der Waals surface area contributed by atoms with Crippen molar-refractivity contribution in [3.8, 4) is 17.2 Å². The Kier molecular flexibility index (Phi) is 5.94. The van der Waals surface area contributed by atoms with Gasteiger partial charge in [-0.25, -0.2) is 0 Å². The Balaban J connectivity index is 1.43. The molecule has 8 nitrogen and oxygen atoms in total. The summed E-state index contributed by atoms with van der Waals surface area (Å²) < 4.78 is 16.6. The molecule has 4 aliphatic rings. The summed E-state index contributed by atoms with van der Waals surface area (Å²) in [6, 6.07) is 23.9. The number of benzene rings is 4. The summed E-state index contributed by atoms with van der Waals surface area (Å²) >= 11 is 0. The zero-order chi connectivity index (χ0) is 31.0. The molecule has 8 heteroatoms. The number of ketones is 2. The van der Waals surface area contributed by atoms with Crippen LogP contribution in [0.4, 0.5) is 11.4 Å². The molecular weight excluding hydrogens is 568 g/mol. The highest BCUT2D eigenvalue weighted by molar-refractivity contribution is 6.18. The van der Waals surface area contributed by atoms with Crippen molar-refractivity contribution in [1.82, 2.24) is 0 Å². The molecule has 1 spiro atoms. The molecule has 1 amide bonds. The van der Waals surface area contributed by atoms with Crippen molar-refractivity contribution < 1.29 is 28.6 Å². The molecule has 0 bridgehead atoms. The van der Waals surface area contributed by atoms with E-state index in [4.69, 9.17) is 14.2 Å². The van der Waals surface area contributed by atoms with Gasteiger partial charge in [-0.2, -0.15) is 0 Å². The smallest absolute Gasteiger partial charge is 0.238 e. The van der Waals surface area contributed by atoms with Crippen molar-refractivity contribution in [3.05, 3.63) is 119 Å². The van der Waals surface area contributed by atoms with E-state index in [2.05, 4.69) is 17.5 Å². The molecule has 1 fully saturated rings. The maximum Gasteiger partial charge on any atom is 0.238 e. The molecule has 4 heterocycles. The lowest BCUT2D eigenvalue weighted by molar-refractivity contribution is -0.121. The minimum atomic E-state index is -1.41. The summed E-state index contributed by atoms with van der Waals surface area (Å²) in [7, 11) is 1.55. The summed E-state index contributed by atoms with van der Waals surface area (Å²) in [5, 5.41) is 3.08. The van der Waals surface area contributed by atoms with Gasteiger partial charge in [-0.1, -0.05) is 48.0 Å². The van der Waals surface area contributed by atoms with Crippen molar-refractivity contribution in [1.29, 1.82) is 0 Å². The Labute approximate surface area is 260 Å². The normalized spacial score (nSPS) is 23.6. The van der Waals surface area contributed by atoms with E-state index in [1.54, 1.807) is 49.6 Å². The number of hydrogen-bond donors (Lipinski definition) is 1. The first-order valence-electron chi connectivity index (χ1n) is 14.9. The maximum absolute atomic E-state index is 15.1. The second kappa shape index (κ2) is 9.82. The zero-order valence-electron chi connectivity index (χ0n) is 25.0. The summed E-state index contributed by atoms with van der Waals surface area (Å²) in [5.74, 6) is -0.477. The second-order valence-corrected chi connectivity index (χ2v) is 12.0. The van der Waals surface area contributed by atoms with E-state index in [0.29, 0.717) is 39.6 Å². The van der Waals surface area contributed by atoms with Gasteiger partial charge in [0.05, 0.1) is 19.1 Å². The molecule has 1 saturated heterocycles. The van der Waals surface area contributed by atoms with Gasteiger partial charge in [-0.05, 0) is 73.5 Å². The predicted molar refractivity (Wildman–Crippen MR) is 169 cm³/mol. The lowest BCUT2D eigenvalue weighted by Gasteiger charge is -2.39. The third kappa shape index (κ3) is 3.75. The number of allylic oxidation sites excluding steroid dienone is 1. The van der Waals surface area contributed by atoms with Gasteiger partial charge < -0.3 is 24.4 Å². The number of Topliss-reactive ketones (excluding diaryl/α,β-unsaturated/α-hetero) is 2. The molecule has 0 unspecified atom stereocenters. The number of anilines is 2. The van der Waals surface area contributed by atoms with Crippen LogP contribution < -0.4 is 24.4 Å². The standard InChI is InChI=1S/C37H30N2O6/c1-20-11-13-28-25(15-20)21(2)16-31-37(26-9-4-5-10-27(26)38-36(37)42)32(34(40)23-12-14-29-30(18-23)45-19-44-29)33(39(28)31)35(41)22-7-6-8-24(17-22)43-3/h4-18,31-33H,19H2,1-3H3,(H,38,42)/t31-,32-,33+,37+/m1/s1. The topological polar surface area (TPSA) is 94.2 Å². The van der Waals surface area contributed by atoms with Crippen LogP contribution in [0.25, 0.3) is 5.57 Å². The molecular formula is C37H30N2O6. The number of rotatable bonds is 5. The van der Waals surface area contributed by atoms with E-state index < -0.39 is 23.4 Å². The Morgan fingerprint density at radius 2 is 1.69 bits per heavy atom. The molecule has 8 rings (SSSR count). The monoisotopic (exact) mass is 598 g/mol. The first-order chi connectivity index (χ1) is 21.8. The molecule has 0 aromatic heterocycles. The minimum Gasteiger partial charge on any atom is -0.497 e. The molecule has 4 aromatic carbocycles. The molecule has 4 aliphatic heterocycles. The highest BCUT2D eigenvalue weighted by atomic mass is 16.7. The average molecular weight is 599 g/mol. The molecule has 0 radical (unpaired) electrons. The number of hydrogen-bond acceptors (Lipinski definition) is 7. The first kappa shape index (κ1) is 27.2. The molecule has 1 N–H and O–H groups in total. The molecule has 4 atom stereocenters. The third-order valence-electron chi connectivity index (χ3n) is 9.69. The van der Waals surface area contributed by atoms with Gasteiger partial charge in [-0.3, -0.25) is 14.4 Å². The summed E-state index contributed by atoms with van der Waals surface area (Å²) in [6.07, 6.45) is 2.06. The van der Waals surface area contributed by atoms with E-state index in [-0.39, 0.29) is 24.3 Å². The number of carbonyl (C=O) groups is 3. The van der Waals surface area contributed by atoms with Gasteiger partial charge in [0, 0.05) is 28.1 Å². The Morgan fingerprint density at radius 3 is 2.53 bits per heavy atom. The summed E-state index contributed by atoms with van der Waals surface area (Å²) in [4.78, 5) is 46.7. The lowest BCUT2D eigenvalue weighted by Crippen LogP contribution is -2.51. The van der Waals surface area contributed by atoms with Crippen LogP contribution in [0.15, 0.2) is 91.0 Å². The molecule has 45 heavy (non-hydrogen) atoms. The van der Waals surface area contributed by atoms with Crippen LogP contribution in [0, 0.1) is 12.8 Å². The van der Waals surface area contributed by atoms with E-state index in [1.165, 1.54) is 0 Å². The number of nitrogens with zero attached hydrogens (tertiary/aromatic N) is 1. The highest BCUT2D eigenvalue weighted by Crippen LogP contribution is 2.59. The number of aryl methyl sites for hydroxylation is 1. The SMILES string of the molecule is COc1cccc(C(=O)[C@@H]2[C@H](C(=O)c3ccc4c(c3)OCO4)[C@@]3(C(=O)Nc4ccccc43)[C@H]3C=C(C)c4cc(C)ccc4N23)c1. The van der Waals surface area contributed by atoms with Gasteiger partial charge in [0.15, 0.2) is 23.1 Å². The number of amides is 1. The van der Waals surface area contributed by atoms with Crippen LogP contribution in [-0.4, -0.2) is 43.5 Å². The number of nitrogens with one attached hydrogen (secondary N) is 1.